The zero-order valence-electron chi connectivity index (χ0n) is 13.6. The molecule has 0 bridgehead atoms. The second-order valence-corrected chi connectivity index (χ2v) is 5.88. The summed E-state index contributed by atoms with van der Waals surface area (Å²) in [5.74, 6) is -0.220. The molecule has 1 aromatic heterocycles. The van der Waals surface area contributed by atoms with Gasteiger partial charge in [-0.1, -0.05) is 60.7 Å². The van der Waals surface area contributed by atoms with Crippen molar-refractivity contribution in [1.82, 2.24) is 4.98 Å². The van der Waals surface area contributed by atoms with Gasteiger partial charge < -0.3 is 0 Å². The van der Waals surface area contributed by atoms with Gasteiger partial charge in [-0.25, -0.2) is 4.39 Å². The van der Waals surface area contributed by atoms with Crippen LogP contribution in [0.3, 0.4) is 0 Å². The Bertz CT molecular complexity index is 992. The first-order valence-corrected chi connectivity index (χ1v) is 8.17. The monoisotopic (exact) mass is 325 g/mol. The summed E-state index contributed by atoms with van der Waals surface area (Å²) in [6, 6.07) is 29.1. The van der Waals surface area contributed by atoms with Gasteiger partial charge in [-0.05, 0) is 52.6 Å². The molecule has 0 N–H and O–H groups in total. The highest BCUT2D eigenvalue weighted by Crippen LogP contribution is 2.28. The molecule has 4 aromatic rings. The van der Waals surface area contributed by atoms with Gasteiger partial charge in [0, 0.05) is 11.8 Å². The van der Waals surface area contributed by atoms with Crippen molar-refractivity contribution in [2.24, 2.45) is 0 Å². The van der Waals surface area contributed by atoms with E-state index >= 15 is 0 Å². The van der Waals surface area contributed by atoms with Crippen molar-refractivity contribution >= 4 is 0 Å². The number of pyridine rings is 1. The zero-order chi connectivity index (χ0) is 17.1. The zero-order valence-corrected chi connectivity index (χ0v) is 13.6. The minimum absolute atomic E-state index is 0.220. The maximum atomic E-state index is 13.5. The van der Waals surface area contributed by atoms with Crippen LogP contribution in [0.5, 0.6) is 0 Å². The molecule has 0 atom stereocenters. The van der Waals surface area contributed by atoms with E-state index in [0.717, 1.165) is 33.5 Å². The van der Waals surface area contributed by atoms with Crippen molar-refractivity contribution in [3.63, 3.8) is 0 Å². The SMILES string of the molecule is Fc1cccc(-c2cccc(-c3ccc(-c4ccccn4)cc3)c2)c1. The fourth-order valence-electron chi connectivity index (χ4n) is 2.91. The molecule has 0 aliphatic rings. The maximum Gasteiger partial charge on any atom is 0.123 e. The first kappa shape index (κ1) is 15.3. The van der Waals surface area contributed by atoms with Crippen LogP contribution in [0.4, 0.5) is 4.39 Å². The van der Waals surface area contributed by atoms with Gasteiger partial charge in [0.2, 0.25) is 0 Å². The molecule has 120 valence electrons. The van der Waals surface area contributed by atoms with Gasteiger partial charge in [0.25, 0.3) is 0 Å². The van der Waals surface area contributed by atoms with Crippen LogP contribution in [0.25, 0.3) is 33.5 Å². The summed E-state index contributed by atoms with van der Waals surface area (Å²) >= 11 is 0. The van der Waals surface area contributed by atoms with E-state index in [9.17, 15) is 4.39 Å². The van der Waals surface area contributed by atoms with E-state index in [2.05, 4.69) is 41.4 Å². The average Bonchev–Trinajstić information content (AvgIpc) is 2.69. The fraction of sp³-hybridized carbons (Fsp3) is 0. The molecule has 0 amide bonds. The van der Waals surface area contributed by atoms with E-state index in [4.69, 9.17) is 0 Å². The number of rotatable bonds is 3. The Kier molecular flexibility index (Phi) is 4.09. The molecule has 25 heavy (non-hydrogen) atoms. The second-order valence-electron chi connectivity index (χ2n) is 5.88. The van der Waals surface area contributed by atoms with Crippen LogP contribution in [-0.2, 0) is 0 Å². The van der Waals surface area contributed by atoms with E-state index in [1.807, 2.05) is 36.4 Å². The van der Waals surface area contributed by atoms with Gasteiger partial charge in [0.15, 0.2) is 0 Å². The summed E-state index contributed by atoms with van der Waals surface area (Å²) in [5, 5.41) is 0. The summed E-state index contributed by atoms with van der Waals surface area (Å²) in [6.45, 7) is 0. The third-order valence-corrected chi connectivity index (χ3v) is 4.20. The van der Waals surface area contributed by atoms with E-state index < -0.39 is 0 Å². The summed E-state index contributed by atoms with van der Waals surface area (Å²) in [7, 11) is 0. The fourth-order valence-corrected chi connectivity index (χ4v) is 2.91. The number of hydrogen-bond donors (Lipinski definition) is 0. The van der Waals surface area contributed by atoms with Crippen LogP contribution in [0.1, 0.15) is 0 Å². The van der Waals surface area contributed by atoms with Crippen molar-refractivity contribution in [2.45, 2.75) is 0 Å². The van der Waals surface area contributed by atoms with Gasteiger partial charge in [0.05, 0.1) is 5.69 Å². The van der Waals surface area contributed by atoms with E-state index in [-0.39, 0.29) is 5.82 Å². The lowest BCUT2D eigenvalue weighted by atomic mass is 9.98. The van der Waals surface area contributed by atoms with Crippen LogP contribution >= 0.6 is 0 Å². The van der Waals surface area contributed by atoms with Crippen molar-refractivity contribution in [1.29, 1.82) is 0 Å². The van der Waals surface area contributed by atoms with Crippen LogP contribution in [0.2, 0.25) is 0 Å². The third-order valence-electron chi connectivity index (χ3n) is 4.20. The first-order chi connectivity index (χ1) is 12.3. The lowest BCUT2D eigenvalue weighted by molar-refractivity contribution is 0.628. The predicted octanol–water partition coefficient (Wildman–Crippen LogP) is 6.22. The molecule has 0 saturated heterocycles. The van der Waals surface area contributed by atoms with Crippen molar-refractivity contribution in [3.05, 3.63) is 103 Å². The smallest absolute Gasteiger partial charge is 0.123 e. The average molecular weight is 325 g/mol. The summed E-state index contributed by atoms with van der Waals surface area (Å²) in [6.07, 6.45) is 1.80. The molecule has 3 aromatic carbocycles. The predicted molar refractivity (Wildman–Crippen MR) is 101 cm³/mol. The highest BCUT2D eigenvalue weighted by atomic mass is 19.1. The molecule has 0 unspecified atom stereocenters. The highest BCUT2D eigenvalue weighted by Gasteiger charge is 2.04. The first-order valence-electron chi connectivity index (χ1n) is 8.17. The number of benzene rings is 3. The Hall–Kier alpha value is -3.26. The highest BCUT2D eigenvalue weighted by molar-refractivity contribution is 5.74. The molecular formula is C23H16FN. The molecule has 2 heteroatoms. The van der Waals surface area contributed by atoms with Crippen molar-refractivity contribution < 1.29 is 4.39 Å². The molecule has 1 nitrogen and oxygen atoms in total. The second kappa shape index (κ2) is 6.70. The molecule has 0 saturated carbocycles. The lowest BCUT2D eigenvalue weighted by Crippen LogP contribution is -1.84. The third kappa shape index (κ3) is 3.33. The molecule has 0 aliphatic heterocycles. The van der Waals surface area contributed by atoms with Crippen molar-refractivity contribution in [2.75, 3.05) is 0 Å². The van der Waals surface area contributed by atoms with Crippen LogP contribution in [-0.4, -0.2) is 4.98 Å². The van der Waals surface area contributed by atoms with Gasteiger partial charge in [0.1, 0.15) is 5.82 Å². The van der Waals surface area contributed by atoms with E-state index in [1.54, 1.807) is 18.3 Å². The normalized spacial score (nSPS) is 10.6. The maximum absolute atomic E-state index is 13.5. The molecule has 0 aliphatic carbocycles. The van der Waals surface area contributed by atoms with Crippen LogP contribution in [0, 0.1) is 5.82 Å². The summed E-state index contributed by atoms with van der Waals surface area (Å²) < 4.78 is 13.5. The Balaban J connectivity index is 1.67. The number of aromatic nitrogens is 1. The van der Waals surface area contributed by atoms with Gasteiger partial charge in [-0.15, -0.1) is 0 Å². The Morgan fingerprint density at radius 3 is 1.84 bits per heavy atom. The molecule has 0 fully saturated rings. The molecule has 4 rings (SSSR count). The lowest BCUT2D eigenvalue weighted by Gasteiger charge is -2.07. The molecule has 1 heterocycles. The number of halogens is 1. The van der Waals surface area contributed by atoms with E-state index in [1.165, 1.54) is 6.07 Å². The van der Waals surface area contributed by atoms with Crippen LogP contribution < -0.4 is 0 Å². The molecular weight excluding hydrogens is 309 g/mol. The summed E-state index contributed by atoms with van der Waals surface area (Å²) in [4.78, 5) is 4.38. The number of nitrogens with zero attached hydrogens (tertiary/aromatic N) is 1. The Morgan fingerprint density at radius 1 is 0.520 bits per heavy atom. The number of hydrogen-bond acceptors (Lipinski definition) is 1. The van der Waals surface area contributed by atoms with Crippen molar-refractivity contribution in [3.8, 4) is 33.5 Å². The topological polar surface area (TPSA) is 12.9 Å². The quantitative estimate of drug-likeness (QED) is 0.435. The van der Waals surface area contributed by atoms with Crippen LogP contribution in [0.15, 0.2) is 97.2 Å². The molecule has 0 spiro atoms. The molecule has 0 radical (unpaired) electrons. The van der Waals surface area contributed by atoms with Gasteiger partial charge >= 0.3 is 0 Å². The van der Waals surface area contributed by atoms with Gasteiger partial charge in [-0.2, -0.15) is 0 Å². The largest absolute Gasteiger partial charge is 0.256 e. The Labute approximate surface area is 146 Å². The minimum Gasteiger partial charge on any atom is -0.256 e. The Morgan fingerprint density at radius 2 is 1.16 bits per heavy atom. The van der Waals surface area contributed by atoms with Gasteiger partial charge in [-0.3, -0.25) is 4.98 Å². The summed E-state index contributed by atoms with van der Waals surface area (Å²) in [5.41, 5.74) is 6.17. The standard InChI is InChI=1S/C23H16FN/c24-22-8-4-7-21(16-22)20-6-3-5-19(15-20)17-10-12-18(13-11-17)23-9-1-2-14-25-23/h1-16H. The van der Waals surface area contributed by atoms with E-state index in [0.29, 0.717) is 0 Å². The minimum atomic E-state index is -0.220.